The number of hydrogen-bond donors (Lipinski definition) is 2. The van der Waals surface area contributed by atoms with Crippen LogP contribution in [-0.4, -0.2) is 73.1 Å². The minimum atomic E-state index is -0.429. The number of aldehydes is 2. The Bertz CT molecular complexity index is 1300. The number of halogens is 1. The lowest BCUT2D eigenvalue weighted by molar-refractivity contribution is -0.109. The molecule has 2 atom stereocenters. The van der Waals surface area contributed by atoms with Crippen molar-refractivity contribution in [2.75, 3.05) is 49.3 Å². The van der Waals surface area contributed by atoms with E-state index in [4.69, 9.17) is 0 Å². The number of carbonyl (C=O) groups is 3. The SMILES string of the molecule is CC1CCN(SCc2ccc(F)c(NC(=O)N3CCC(c4ccc(NC(C=O)CCC=O)c(N(C)C)c4)CC3)c2)C(C)(C)C1. The molecule has 2 aliphatic rings. The van der Waals surface area contributed by atoms with Gasteiger partial charge in [0.1, 0.15) is 18.4 Å². The molecule has 10 heteroatoms. The summed E-state index contributed by atoms with van der Waals surface area (Å²) in [5.41, 5.74) is 4.32. The molecule has 2 aromatic carbocycles. The summed E-state index contributed by atoms with van der Waals surface area (Å²) < 4.78 is 17.2. The van der Waals surface area contributed by atoms with E-state index in [0.29, 0.717) is 25.9 Å². The zero-order valence-electron chi connectivity index (χ0n) is 26.8. The quantitative estimate of drug-likeness (QED) is 0.196. The minimum Gasteiger partial charge on any atom is -0.376 e. The van der Waals surface area contributed by atoms with E-state index in [1.54, 1.807) is 29.0 Å². The molecular weight excluding hydrogens is 577 g/mol. The fourth-order valence-electron chi connectivity index (χ4n) is 6.37. The van der Waals surface area contributed by atoms with Gasteiger partial charge in [-0.25, -0.2) is 13.5 Å². The van der Waals surface area contributed by atoms with Crippen LogP contribution in [0.4, 0.5) is 26.2 Å². The number of carbonyl (C=O) groups excluding carboxylic acids is 3. The summed E-state index contributed by atoms with van der Waals surface area (Å²) in [7, 11) is 3.92. The topological polar surface area (TPSA) is 85.0 Å². The largest absolute Gasteiger partial charge is 0.376 e. The number of nitrogens with one attached hydrogen (secondary N) is 2. The van der Waals surface area contributed by atoms with Crippen LogP contribution in [0.2, 0.25) is 0 Å². The van der Waals surface area contributed by atoms with Gasteiger partial charge in [-0.05, 0) is 93.2 Å². The third kappa shape index (κ3) is 8.75. The van der Waals surface area contributed by atoms with Gasteiger partial charge in [-0.2, -0.15) is 0 Å². The third-order valence-corrected chi connectivity index (χ3v) is 10.3. The smallest absolute Gasteiger partial charge is 0.321 e. The second-order valence-electron chi connectivity index (χ2n) is 13.1. The molecule has 4 rings (SSSR count). The first kappa shape index (κ1) is 33.8. The summed E-state index contributed by atoms with van der Waals surface area (Å²) in [6.07, 6.45) is 6.38. The van der Waals surface area contributed by atoms with Crippen LogP contribution >= 0.6 is 11.9 Å². The van der Waals surface area contributed by atoms with E-state index in [1.165, 1.54) is 18.1 Å². The van der Waals surface area contributed by atoms with Gasteiger partial charge in [0, 0.05) is 51.4 Å². The van der Waals surface area contributed by atoms with Crippen molar-refractivity contribution in [2.24, 2.45) is 5.92 Å². The van der Waals surface area contributed by atoms with Gasteiger partial charge in [0.25, 0.3) is 0 Å². The Hall–Kier alpha value is -3.11. The number of piperidine rings is 2. The highest BCUT2D eigenvalue weighted by Crippen LogP contribution is 2.38. The average Bonchev–Trinajstić information content (AvgIpc) is 2.99. The Morgan fingerprint density at radius 1 is 1.09 bits per heavy atom. The van der Waals surface area contributed by atoms with Crippen LogP contribution in [0.3, 0.4) is 0 Å². The van der Waals surface area contributed by atoms with Gasteiger partial charge in [-0.15, -0.1) is 0 Å². The molecule has 240 valence electrons. The van der Waals surface area contributed by atoms with Crippen molar-refractivity contribution in [1.82, 2.24) is 9.21 Å². The van der Waals surface area contributed by atoms with E-state index in [-0.39, 0.29) is 23.2 Å². The molecule has 2 saturated heterocycles. The van der Waals surface area contributed by atoms with Crippen LogP contribution in [0.5, 0.6) is 0 Å². The monoisotopic (exact) mass is 625 g/mol. The Morgan fingerprint density at radius 2 is 1.84 bits per heavy atom. The highest BCUT2D eigenvalue weighted by atomic mass is 32.2. The molecule has 8 nitrogen and oxygen atoms in total. The van der Waals surface area contributed by atoms with Crippen molar-refractivity contribution < 1.29 is 18.8 Å². The number of anilines is 3. The predicted molar refractivity (Wildman–Crippen MR) is 179 cm³/mol. The number of hydrogen-bond acceptors (Lipinski definition) is 7. The molecule has 2 heterocycles. The first-order chi connectivity index (χ1) is 21.0. The maximum atomic E-state index is 14.7. The van der Waals surface area contributed by atoms with Gasteiger partial charge in [-0.3, -0.25) is 0 Å². The average molecular weight is 626 g/mol. The molecule has 0 aromatic heterocycles. The second-order valence-corrected chi connectivity index (χ2v) is 14.1. The first-order valence-corrected chi connectivity index (χ1v) is 16.7. The van der Waals surface area contributed by atoms with Crippen molar-refractivity contribution in [3.05, 3.63) is 53.3 Å². The molecule has 2 unspecified atom stereocenters. The molecule has 2 fully saturated rings. The molecule has 0 bridgehead atoms. The number of likely N-dealkylation sites (tertiary alicyclic amines) is 1. The van der Waals surface area contributed by atoms with Crippen molar-refractivity contribution >= 4 is 47.6 Å². The van der Waals surface area contributed by atoms with Crippen LogP contribution in [0.15, 0.2) is 36.4 Å². The summed E-state index contributed by atoms with van der Waals surface area (Å²) in [6.45, 7) is 9.07. The van der Waals surface area contributed by atoms with Gasteiger partial charge >= 0.3 is 6.03 Å². The lowest BCUT2D eigenvalue weighted by Crippen LogP contribution is -2.45. The maximum absolute atomic E-state index is 14.7. The number of nitrogens with zero attached hydrogens (tertiary/aromatic N) is 3. The Balaban J connectivity index is 1.33. The van der Waals surface area contributed by atoms with Crippen molar-refractivity contribution in [2.45, 2.75) is 82.5 Å². The Kier molecular flexibility index (Phi) is 11.7. The lowest BCUT2D eigenvalue weighted by atomic mass is 9.86. The molecule has 0 spiro atoms. The van der Waals surface area contributed by atoms with Crippen molar-refractivity contribution in [1.29, 1.82) is 0 Å². The highest BCUT2D eigenvalue weighted by molar-refractivity contribution is 7.96. The van der Waals surface area contributed by atoms with Crippen LogP contribution in [0.1, 0.15) is 76.3 Å². The fourth-order valence-corrected chi connectivity index (χ4v) is 7.52. The van der Waals surface area contributed by atoms with Crippen LogP contribution in [-0.2, 0) is 15.3 Å². The Labute approximate surface area is 266 Å². The van der Waals surface area contributed by atoms with Gasteiger partial charge < -0.3 is 30.0 Å². The molecule has 2 amide bonds. The highest BCUT2D eigenvalue weighted by Gasteiger charge is 2.33. The Morgan fingerprint density at radius 3 is 2.50 bits per heavy atom. The van der Waals surface area contributed by atoms with E-state index < -0.39 is 11.9 Å². The van der Waals surface area contributed by atoms with Gasteiger partial charge in [0.05, 0.1) is 23.1 Å². The summed E-state index contributed by atoms with van der Waals surface area (Å²) in [6, 6.07) is 10.5. The number of rotatable bonds is 12. The van der Waals surface area contributed by atoms with Crippen molar-refractivity contribution in [3.63, 3.8) is 0 Å². The second kappa shape index (κ2) is 15.3. The predicted octanol–water partition coefficient (Wildman–Crippen LogP) is 6.92. The fraction of sp³-hybridized carbons (Fsp3) is 0.559. The zero-order chi connectivity index (χ0) is 31.9. The molecule has 2 aliphatic heterocycles. The number of amides is 2. The molecule has 2 N–H and O–H groups in total. The van der Waals surface area contributed by atoms with Gasteiger partial charge in [0.15, 0.2) is 0 Å². The van der Waals surface area contributed by atoms with Crippen LogP contribution in [0.25, 0.3) is 0 Å². The number of benzene rings is 2. The first-order valence-electron chi connectivity index (χ1n) is 15.7. The molecule has 0 radical (unpaired) electrons. The van der Waals surface area contributed by atoms with Crippen molar-refractivity contribution in [3.8, 4) is 0 Å². The van der Waals surface area contributed by atoms with Gasteiger partial charge in [-0.1, -0.05) is 31.0 Å². The standard InChI is InChI=1S/C34H48FN5O3S/c1-24-12-17-40(34(2,3)21-24)44-23-25-8-10-29(35)31(19-25)37-33(43)39-15-13-26(14-16-39)27-9-11-30(32(20-27)38(4)5)36-28(22-42)7-6-18-41/h8-11,18-20,22,24,26,28,36H,6-7,12-17,21,23H2,1-5H3,(H,37,43). The summed E-state index contributed by atoms with van der Waals surface area (Å²) in [5.74, 6) is 1.30. The van der Waals surface area contributed by atoms with E-state index in [2.05, 4.69) is 47.8 Å². The van der Waals surface area contributed by atoms with E-state index in [9.17, 15) is 18.8 Å². The maximum Gasteiger partial charge on any atom is 0.321 e. The molecule has 0 saturated carbocycles. The summed E-state index contributed by atoms with van der Waals surface area (Å²) >= 11 is 1.78. The van der Waals surface area contributed by atoms with E-state index in [0.717, 1.165) is 67.0 Å². The summed E-state index contributed by atoms with van der Waals surface area (Å²) in [4.78, 5) is 39.2. The summed E-state index contributed by atoms with van der Waals surface area (Å²) in [5, 5.41) is 6.09. The molecule has 0 aliphatic carbocycles. The lowest BCUT2D eigenvalue weighted by Gasteiger charge is -2.44. The molecule has 44 heavy (non-hydrogen) atoms. The van der Waals surface area contributed by atoms with E-state index >= 15 is 0 Å². The normalized spacial score (nSPS) is 19.7. The van der Waals surface area contributed by atoms with E-state index in [1.807, 2.05) is 25.1 Å². The minimum absolute atomic E-state index is 0.121. The van der Waals surface area contributed by atoms with Gasteiger partial charge in [0.2, 0.25) is 0 Å². The zero-order valence-corrected chi connectivity index (χ0v) is 27.6. The number of urea groups is 1. The van der Waals surface area contributed by atoms with Crippen LogP contribution in [0, 0.1) is 11.7 Å². The molecular formula is C34H48FN5O3S. The van der Waals surface area contributed by atoms with Crippen LogP contribution < -0.4 is 15.5 Å². The molecule has 2 aromatic rings. The third-order valence-electron chi connectivity index (χ3n) is 8.87.